The van der Waals surface area contributed by atoms with E-state index in [0.717, 1.165) is 11.1 Å². The Morgan fingerprint density at radius 2 is 1.89 bits per heavy atom. The highest BCUT2D eigenvalue weighted by Gasteiger charge is 2.15. The Morgan fingerprint density at radius 1 is 1.18 bits per heavy atom. The molecule has 1 amide bonds. The van der Waals surface area contributed by atoms with E-state index in [0.29, 0.717) is 16.5 Å². The summed E-state index contributed by atoms with van der Waals surface area (Å²) >= 11 is 0. The molecule has 7 nitrogen and oxygen atoms in total. The standard InChI is InChI=1S/C21H23N3O4/c1-13-8-9-18(28-3)17(12-13)14(2)22-19(25)10-11-24-21(27)16-7-5-4-6-15(16)20(26)23-24/h4-9,12,14H,10-11H2,1-3H3,(H,22,25)(H,23,26)/t14-/m1/s1. The largest absolute Gasteiger partial charge is 0.496 e. The second kappa shape index (κ2) is 8.12. The summed E-state index contributed by atoms with van der Waals surface area (Å²) in [6, 6.07) is 12.1. The zero-order chi connectivity index (χ0) is 20.3. The molecule has 1 heterocycles. The number of methoxy groups -OCH3 is 1. The fraction of sp³-hybridized carbons (Fsp3) is 0.286. The fourth-order valence-electron chi connectivity index (χ4n) is 3.20. The molecule has 0 unspecified atom stereocenters. The van der Waals surface area contributed by atoms with Crippen molar-refractivity contribution in [3.63, 3.8) is 0 Å². The average Bonchev–Trinajstić information content (AvgIpc) is 2.69. The van der Waals surface area contributed by atoms with Crippen molar-refractivity contribution in [2.24, 2.45) is 0 Å². The van der Waals surface area contributed by atoms with Crippen LogP contribution in [0.15, 0.2) is 52.1 Å². The second-order valence-corrected chi connectivity index (χ2v) is 6.73. The van der Waals surface area contributed by atoms with Gasteiger partial charge in [-0.25, -0.2) is 4.68 Å². The Hall–Kier alpha value is -3.35. The van der Waals surface area contributed by atoms with E-state index in [4.69, 9.17) is 4.74 Å². The Balaban J connectivity index is 1.72. The van der Waals surface area contributed by atoms with E-state index in [9.17, 15) is 14.4 Å². The Kier molecular flexibility index (Phi) is 5.63. The first kappa shape index (κ1) is 19.4. The van der Waals surface area contributed by atoms with Crippen LogP contribution >= 0.6 is 0 Å². The van der Waals surface area contributed by atoms with Gasteiger partial charge >= 0.3 is 0 Å². The lowest BCUT2D eigenvalue weighted by atomic mass is 10.0. The Labute approximate surface area is 161 Å². The number of aryl methyl sites for hydroxylation is 2. The van der Waals surface area contributed by atoms with Gasteiger partial charge in [-0.15, -0.1) is 0 Å². The zero-order valence-electron chi connectivity index (χ0n) is 16.1. The number of aromatic nitrogens is 2. The molecule has 2 N–H and O–H groups in total. The van der Waals surface area contributed by atoms with Gasteiger partial charge in [-0.2, -0.15) is 0 Å². The van der Waals surface area contributed by atoms with Crippen LogP contribution in [0.3, 0.4) is 0 Å². The molecule has 1 atom stereocenters. The summed E-state index contributed by atoms with van der Waals surface area (Å²) in [4.78, 5) is 37.0. The number of carbonyl (C=O) groups is 1. The monoisotopic (exact) mass is 381 g/mol. The van der Waals surface area contributed by atoms with E-state index in [1.165, 1.54) is 4.68 Å². The quantitative estimate of drug-likeness (QED) is 0.685. The van der Waals surface area contributed by atoms with Crippen molar-refractivity contribution in [2.75, 3.05) is 7.11 Å². The summed E-state index contributed by atoms with van der Waals surface area (Å²) < 4.78 is 6.55. The molecular weight excluding hydrogens is 358 g/mol. The van der Waals surface area contributed by atoms with Crippen molar-refractivity contribution in [1.82, 2.24) is 15.1 Å². The average molecular weight is 381 g/mol. The van der Waals surface area contributed by atoms with Crippen LogP contribution in [0.2, 0.25) is 0 Å². The van der Waals surface area contributed by atoms with Crippen LogP contribution in [0, 0.1) is 6.92 Å². The number of fused-ring (bicyclic) bond motifs is 1. The van der Waals surface area contributed by atoms with Crippen LogP contribution in [0.4, 0.5) is 0 Å². The number of H-pyrrole nitrogens is 1. The molecule has 1 aromatic heterocycles. The SMILES string of the molecule is COc1ccc(C)cc1[C@@H](C)NC(=O)CCn1[nH]c(=O)c2ccccc2c1=O. The van der Waals surface area contributed by atoms with E-state index in [2.05, 4.69) is 10.4 Å². The first-order chi connectivity index (χ1) is 13.4. The number of carbonyl (C=O) groups excluding carboxylic acids is 1. The number of ether oxygens (including phenoxy) is 1. The van der Waals surface area contributed by atoms with Gasteiger partial charge in [-0.3, -0.25) is 19.5 Å². The number of rotatable bonds is 6. The van der Waals surface area contributed by atoms with Gasteiger partial charge in [0.15, 0.2) is 0 Å². The molecule has 3 aromatic rings. The summed E-state index contributed by atoms with van der Waals surface area (Å²) in [5, 5.41) is 6.13. The predicted octanol–water partition coefficient (Wildman–Crippen LogP) is 2.27. The van der Waals surface area contributed by atoms with Crippen molar-refractivity contribution in [2.45, 2.75) is 32.9 Å². The molecule has 28 heavy (non-hydrogen) atoms. The highest BCUT2D eigenvalue weighted by Crippen LogP contribution is 2.26. The predicted molar refractivity (Wildman–Crippen MR) is 108 cm³/mol. The molecule has 0 bridgehead atoms. The molecule has 0 fully saturated rings. The van der Waals surface area contributed by atoms with Gasteiger partial charge in [0.05, 0.1) is 30.5 Å². The summed E-state index contributed by atoms with van der Waals surface area (Å²) in [5.74, 6) is 0.477. The first-order valence-electron chi connectivity index (χ1n) is 9.06. The molecule has 7 heteroatoms. The molecule has 0 radical (unpaired) electrons. The summed E-state index contributed by atoms with van der Waals surface area (Å²) in [6.07, 6.45) is 0.0622. The Bertz CT molecular complexity index is 1130. The number of hydrogen-bond acceptors (Lipinski definition) is 4. The number of nitrogens with zero attached hydrogens (tertiary/aromatic N) is 1. The maximum atomic E-state index is 12.5. The third-order valence-electron chi connectivity index (χ3n) is 4.68. The lowest BCUT2D eigenvalue weighted by Gasteiger charge is -2.18. The van der Waals surface area contributed by atoms with Crippen molar-refractivity contribution in [1.29, 1.82) is 0 Å². The number of nitrogens with one attached hydrogen (secondary N) is 2. The summed E-state index contributed by atoms with van der Waals surface area (Å²) in [7, 11) is 1.59. The first-order valence-corrected chi connectivity index (χ1v) is 9.06. The van der Waals surface area contributed by atoms with Gasteiger partial charge in [0.1, 0.15) is 5.75 Å². The van der Waals surface area contributed by atoms with Gasteiger partial charge in [-0.05, 0) is 32.0 Å². The lowest BCUT2D eigenvalue weighted by Crippen LogP contribution is -2.33. The van der Waals surface area contributed by atoms with E-state index in [1.54, 1.807) is 31.4 Å². The molecule has 0 saturated heterocycles. The molecule has 146 valence electrons. The second-order valence-electron chi connectivity index (χ2n) is 6.73. The van der Waals surface area contributed by atoms with E-state index < -0.39 is 0 Å². The fourth-order valence-corrected chi connectivity index (χ4v) is 3.20. The minimum Gasteiger partial charge on any atom is -0.496 e. The van der Waals surface area contributed by atoms with Crippen molar-refractivity contribution in [3.8, 4) is 5.75 Å². The summed E-state index contributed by atoms with van der Waals surface area (Å²) in [5.41, 5.74) is 1.27. The number of aromatic amines is 1. The molecule has 0 saturated carbocycles. The third-order valence-corrected chi connectivity index (χ3v) is 4.68. The van der Waals surface area contributed by atoms with E-state index in [1.807, 2.05) is 32.0 Å². The highest BCUT2D eigenvalue weighted by molar-refractivity contribution is 5.80. The minimum absolute atomic E-state index is 0.0622. The van der Waals surface area contributed by atoms with Crippen LogP contribution in [0.5, 0.6) is 5.75 Å². The zero-order valence-corrected chi connectivity index (χ0v) is 16.1. The van der Waals surface area contributed by atoms with Crippen LogP contribution in [0.25, 0.3) is 10.8 Å². The van der Waals surface area contributed by atoms with E-state index >= 15 is 0 Å². The van der Waals surface area contributed by atoms with Gasteiger partial charge in [0, 0.05) is 12.0 Å². The number of hydrogen-bond donors (Lipinski definition) is 2. The van der Waals surface area contributed by atoms with E-state index in [-0.39, 0.29) is 36.0 Å². The molecule has 2 aromatic carbocycles. The molecule has 0 aliphatic rings. The maximum Gasteiger partial charge on any atom is 0.273 e. The lowest BCUT2D eigenvalue weighted by molar-refractivity contribution is -0.122. The smallest absolute Gasteiger partial charge is 0.273 e. The topological polar surface area (TPSA) is 93.2 Å². The van der Waals surface area contributed by atoms with Crippen LogP contribution in [-0.2, 0) is 11.3 Å². The normalized spacial score (nSPS) is 12.0. The van der Waals surface area contributed by atoms with Gasteiger partial charge < -0.3 is 10.1 Å². The molecule has 0 aliphatic heterocycles. The molecule has 3 rings (SSSR count). The van der Waals surface area contributed by atoms with Gasteiger partial charge in [0.2, 0.25) is 5.91 Å². The van der Waals surface area contributed by atoms with Crippen LogP contribution < -0.4 is 21.2 Å². The molecule has 0 aliphatic carbocycles. The van der Waals surface area contributed by atoms with Crippen molar-refractivity contribution < 1.29 is 9.53 Å². The van der Waals surface area contributed by atoms with Gasteiger partial charge in [0.25, 0.3) is 11.1 Å². The van der Waals surface area contributed by atoms with Crippen LogP contribution in [-0.4, -0.2) is 22.8 Å². The Morgan fingerprint density at radius 3 is 2.61 bits per heavy atom. The minimum atomic E-state index is -0.353. The van der Waals surface area contributed by atoms with Crippen LogP contribution in [0.1, 0.15) is 30.5 Å². The number of benzene rings is 2. The molecular formula is C21H23N3O4. The summed E-state index contributed by atoms with van der Waals surface area (Å²) in [6.45, 7) is 3.93. The third kappa shape index (κ3) is 3.98. The van der Waals surface area contributed by atoms with Crippen molar-refractivity contribution in [3.05, 3.63) is 74.3 Å². The van der Waals surface area contributed by atoms with Crippen molar-refractivity contribution >= 4 is 16.7 Å². The molecule has 0 spiro atoms. The van der Waals surface area contributed by atoms with Gasteiger partial charge in [-0.1, -0.05) is 29.8 Å². The maximum absolute atomic E-state index is 12.5. The number of amides is 1. The highest BCUT2D eigenvalue weighted by atomic mass is 16.5.